The van der Waals surface area contributed by atoms with Crippen LogP contribution in [-0.2, 0) is 6.42 Å². The second-order valence-corrected chi connectivity index (χ2v) is 4.25. The second-order valence-electron chi connectivity index (χ2n) is 3.81. The Labute approximate surface area is 108 Å². The van der Waals surface area contributed by atoms with Crippen molar-refractivity contribution in [2.24, 2.45) is 0 Å². The monoisotopic (exact) mass is 266 g/mol. The third kappa shape index (κ3) is 2.74. The summed E-state index contributed by atoms with van der Waals surface area (Å²) >= 11 is 5.75. The van der Waals surface area contributed by atoms with Gasteiger partial charge in [-0.1, -0.05) is 29.8 Å². The summed E-state index contributed by atoms with van der Waals surface area (Å²) in [5.74, 6) is -1.81. The molecular weight excluding hydrogens is 258 g/mol. The number of Topliss-reactive ketones (excluding diaryl/α,β-unsaturated/α-hetero) is 1. The van der Waals surface area contributed by atoms with E-state index in [1.54, 1.807) is 18.2 Å². The number of carbonyl (C=O) groups is 1. The summed E-state index contributed by atoms with van der Waals surface area (Å²) in [5, 5.41) is 0.412. The number of hydrogen-bond acceptors (Lipinski definition) is 1. The minimum atomic E-state index is -0.717. The van der Waals surface area contributed by atoms with Crippen molar-refractivity contribution < 1.29 is 13.6 Å². The van der Waals surface area contributed by atoms with E-state index >= 15 is 0 Å². The Bertz CT molecular complexity index is 576. The molecule has 0 aromatic heterocycles. The minimum absolute atomic E-state index is 0.220. The predicted molar refractivity (Wildman–Crippen MR) is 65.8 cm³/mol. The fourth-order valence-corrected chi connectivity index (χ4v) is 1.82. The Morgan fingerprint density at radius 3 is 2.28 bits per heavy atom. The number of benzene rings is 2. The molecule has 0 unspecified atom stereocenters. The number of carbonyl (C=O) groups excluding carboxylic acids is 1. The molecule has 2 aromatic carbocycles. The van der Waals surface area contributed by atoms with Crippen LogP contribution in [0.25, 0.3) is 0 Å². The van der Waals surface area contributed by atoms with Crippen molar-refractivity contribution in [1.29, 1.82) is 0 Å². The van der Waals surface area contributed by atoms with Gasteiger partial charge in [0.1, 0.15) is 11.6 Å². The van der Waals surface area contributed by atoms with Crippen molar-refractivity contribution >= 4 is 17.4 Å². The standard InChI is InChI=1S/C14H9ClF2O/c15-10-4-1-3-9(7-10)14(18)8-11-12(16)5-2-6-13(11)17/h1-7H,8H2. The molecule has 1 nitrogen and oxygen atoms in total. The normalized spacial score (nSPS) is 10.4. The summed E-state index contributed by atoms with van der Waals surface area (Å²) < 4.78 is 26.8. The third-order valence-corrected chi connectivity index (χ3v) is 2.78. The van der Waals surface area contributed by atoms with Gasteiger partial charge in [0.15, 0.2) is 5.78 Å². The molecule has 0 amide bonds. The van der Waals surface area contributed by atoms with Gasteiger partial charge >= 0.3 is 0 Å². The first kappa shape index (κ1) is 12.7. The molecule has 4 heteroatoms. The fourth-order valence-electron chi connectivity index (χ4n) is 1.63. The Balaban J connectivity index is 2.27. The average molecular weight is 267 g/mol. The molecule has 0 radical (unpaired) electrons. The lowest BCUT2D eigenvalue weighted by Crippen LogP contribution is -2.07. The highest BCUT2D eigenvalue weighted by Crippen LogP contribution is 2.17. The number of halogens is 3. The summed E-state index contributed by atoms with van der Waals surface area (Å²) in [5.41, 5.74) is 0.118. The van der Waals surface area contributed by atoms with E-state index in [-0.39, 0.29) is 17.8 Å². The van der Waals surface area contributed by atoms with E-state index in [2.05, 4.69) is 0 Å². The van der Waals surface area contributed by atoms with Crippen molar-refractivity contribution in [3.63, 3.8) is 0 Å². The van der Waals surface area contributed by atoms with Gasteiger partial charge in [0.2, 0.25) is 0 Å². The number of rotatable bonds is 3. The molecule has 0 heterocycles. The van der Waals surface area contributed by atoms with Gasteiger partial charge in [-0.05, 0) is 24.3 Å². The van der Waals surface area contributed by atoms with Crippen LogP contribution >= 0.6 is 11.6 Å². The Hall–Kier alpha value is -1.74. The molecule has 0 spiro atoms. The molecule has 92 valence electrons. The zero-order valence-corrected chi connectivity index (χ0v) is 10.0. The van der Waals surface area contributed by atoms with E-state index < -0.39 is 11.6 Å². The lowest BCUT2D eigenvalue weighted by Gasteiger charge is -2.04. The van der Waals surface area contributed by atoms with Gasteiger partial charge in [-0.15, -0.1) is 0 Å². The molecule has 0 N–H and O–H groups in total. The summed E-state index contributed by atoms with van der Waals surface area (Å²) in [6.07, 6.45) is -0.321. The zero-order chi connectivity index (χ0) is 13.1. The van der Waals surface area contributed by atoms with Crippen LogP contribution in [-0.4, -0.2) is 5.78 Å². The minimum Gasteiger partial charge on any atom is -0.294 e. The van der Waals surface area contributed by atoms with Crippen molar-refractivity contribution in [2.75, 3.05) is 0 Å². The van der Waals surface area contributed by atoms with Gasteiger partial charge < -0.3 is 0 Å². The van der Waals surface area contributed by atoms with Crippen LogP contribution in [0.15, 0.2) is 42.5 Å². The van der Waals surface area contributed by atoms with Crippen molar-refractivity contribution in [1.82, 2.24) is 0 Å². The molecule has 0 saturated heterocycles. The van der Waals surface area contributed by atoms with Crippen LogP contribution in [0.2, 0.25) is 5.02 Å². The molecule has 0 atom stereocenters. The lowest BCUT2D eigenvalue weighted by atomic mass is 10.0. The first-order valence-electron chi connectivity index (χ1n) is 5.29. The van der Waals surface area contributed by atoms with Crippen LogP contribution in [0.1, 0.15) is 15.9 Å². The quantitative estimate of drug-likeness (QED) is 0.766. The van der Waals surface area contributed by atoms with E-state index in [1.807, 2.05) is 0 Å². The molecular formula is C14H9ClF2O. The van der Waals surface area contributed by atoms with Crippen LogP contribution in [0.5, 0.6) is 0 Å². The Morgan fingerprint density at radius 1 is 1.06 bits per heavy atom. The Morgan fingerprint density at radius 2 is 1.67 bits per heavy atom. The highest BCUT2D eigenvalue weighted by atomic mass is 35.5. The maximum Gasteiger partial charge on any atom is 0.167 e. The van der Waals surface area contributed by atoms with E-state index in [9.17, 15) is 13.6 Å². The van der Waals surface area contributed by atoms with Gasteiger partial charge in [-0.2, -0.15) is 0 Å². The van der Waals surface area contributed by atoms with E-state index in [0.29, 0.717) is 10.6 Å². The average Bonchev–Trinajstić information content (AvgIpc) is 2.34. The smallest absolute Gasteiger partial charge is 0.167 e. The van der Waals surface area contributed by atoms with E-state index in [1.165, 1.54) is 12.1 Å². The van der Waals surface area contributed by atoms with Crippen LogP contribution in [0, 0.1) is 11.6 Å². The highest BCUT2D eigenvalue weighted by Gasteiger charge is 2.14. The van der Waals surface area contributed by atoms with Gasteiger partial charge in [0, 0.05) is 22.6 Å². The van der Waals surface area contributed by atoms with E-state index in [4.69, 9.17) is 11.6 Å². The molecule has 0 saturated carbocycles. The SMILES string of the molecule is O=C(Cc1c(F)cccc1F)c1cccc(Cl)c1. The first-order valence-corrected chi connectivity index (χ1v) is 5.67. The van der Waals surface area contributed by atoms with Crippen LogP contribution in [0.4, 0.5) is 8.78 Å². The highest BCUT2D eigenvalue weighted by molar-refractivity contribution is 6.31. The van der Waals surface area contributed by atoms with Gasteiger partial charge in [-0.3, -0.25) is 4.79 Å². The van der Waals surface area contributed by atoms with Gasteiger partial charge in [0.05, 0.1) is 0 Å². The molecule has 18 heavy (non-hydrogen) atoms. The lowest BCUT2D eigenvalue weighted by molar-refractivity contribution is 0.0990. The molecule has 0 aliphatic carbocycles. The van der Waals surface area contributed by atoms with Crippen LogP contribution in [0.3, 0.4) is 0 Å². The van der Waals surface area contributed by atoms with Crippen molar-refractivity contribution in [3.8, 4) is 0 Å². The van der Waals surface area contributed by atoms with Gasteiger partial charge in [-0.25, -0.2) is 8.78 Å². The fraction of sp³-hybridized carbons (Fsp3) is 0.0714. The largest absolute Gasteiger partial charge is 0.294 e. The molecule has 0 aliphatic heterocycles. The molecule has 2 aromatic rings. The topological polar surface area (TPSA) is 17.1 Å². The molecule has 0 bridgehead atoms. The van der Waals surface area contributed by atoms with Crippen molar-refractivity contribution in [3.05, 3.63) is 70.2 Å². The summed E-state index contributed by atoms with van der Waals surface area (Å²) in [7, 11) is 0. The summed E-state index contributed by atoms with van der Waals surface area (Å²) in [6.45, 7) is 0. The number of hydrogen-bond donors (Lipinski definition) is 0. The predicted octanol–water partition coefficient (Wildman–Crippen LogP) is 4.04. The molecule has 0 fully saturated rings. The maximum atomic E-state index is 13.4. The first-order chi connectivity index (χ1) is 8.58. The molecule has 0 aliphatic rings. The van der Waals surface area contributed by atoms with Crippen molar-refractivity contribution in [2.45, 2.75) is 6.42 Å². The maximum absolute atomic E-state index is 13.4. The Kier molecular flexibility index (Phi) is 3.72. The zero-order valence-electron chi connectivity index (χ0n) is 9.29. The summed E-state index contributed by atoms with van der Waals surface area (Å²) in [4.78, 5) is 11.9. The van der Waals surface area contributed by atoms with E-state index in [0.717, 1.165) is 12.1 Å². The van der Waals surface area contributed by atoms with Crippen LogP contribution < -0.4 is 0 Å². The van der Waals surface area contributed by atoms with Gasteiger partial charge in [0.25, 0.3) is 0 Å². The summed E-state index contributed by atoms with van der Waals surface area (Å²) in [6, 6.07) is 9.80. The third-order valence-electron chi connectivity index (χ3n) is 2.55. The second kappa shape index (κ2) is 5.27. The number of ketones is 1. The molecule has 2 rings (SSSR count).